The van der Waals surface area contributed by atoms with Crippen LogP contribution in [0.2, 0.25) is 0 Å². The van der Waals surface area contributed by atoms with Gasteiger partial charge in [0.2, 0.25) is 5.91 Å². The molecule has 1 heterocycles. The zero-order valence-electron chi connectivity index (χ0n) is 8.16. The molecule has 13 heavy (non-hydrogen) atoms. The molecule has 4 heteroatoms. The normalized spacial score (nSPS) is 20.0. The van der Waals surface area contributed by atoms with Gasteiger partial charge in [0.25, 0.3) is 0 Å². The van der Waals surface area contributed by atoms with Crippen molar-refractivity contribution in [1.29, 1.82) is 0 Å². The quantitative estimate of drug-likeness (QED) is 0.673. The first-order valence-electron chi connectivity index (χ1n) is 4.79. The zero-order valence-corrected chi connectivity index (χ0v) is 8.16. The van der Waals surface area contributed by atoms with Gasteiger partial charge in [-0.05, 0) is 19.3 Å². The molecule has 2 N–H and O–H groups in total. The molecule has 1 amide bonds. The molecule has 0 bridgehead atoms. The zero-order chi connectivity index (χ0) is 9.68. The van der Waals surface area contributed by atoms with Crippen LogP contribution >= 0.6 is 0 Å². The van der Waals surface area contributed by atoms with Crippen molar-refractivity contribution >= 4 is 5.91 Å². The molecule has 0 radical (unpaired) electrons. The minimum atomic E-state index is -0.483. The Hall–Kier alpha value is -0.610. The van der Waals surface area contributed by atoms with Crippen molar-refractivity contribution in [3.8, 4) is 0 Å². The van der Waals surface area contributed by atoms with Crippen LogP contribution in [-0.2, 0) is 9.53 Å². The monoisotopic (exact) mass is 186 g/mol. The minimum absolute atomic E-state index is 0.0292. The molecule has 1 atom stereocenters. The predicted molar refractivity (Wildman–Crippen MR) is 50.3 cm³/mol. The number of nitrogens with zero attached hydrogens (tertiary/aromatic N) is 1. The topological polar surface area (TPSA) is 55.6 Å². The fraction of sp³-hybridized carbons (Fsp3) is 0.889. The molecule has 1 saturated heterocycles. The number of ether oxygens (including phenoxy) is 1. The summed E-state index contributed by atoms with van der Waals surface area (Å²) in [6.07, 6.45) is 3.43. The second-order valence-corrected chi connectivity index (χ2v) is 3.45. The Bertz CT molecular complexity index is 167. The van der Waals surface area contributed by atoms with Gasteiger partial charge in [-0.3, -0.25) is 4.79 Å². The average molecular weight is 186 g/mol. The van der Waals surface area contributed by atoms with Gasteiger partial charge in [0, 0.05) is 20.2 Å². The maximum absolute atomic E-state index is 11.6. The Balaban J connectivity index is 2.36. The Morgan fingerprint density at radius 2 is 2.08 bits per heavy atom. The SMILES string of the molecule is COC[C@@H](N)C(=O)N1CCCCC1. The number of rotatable bonds is 3. The van der Waals surface area contributed by atoms with Gasteiger partial charge >= 0.3 is 0 Å². The van der Waals surface area contributed by atoms with Gasteiger partial charge in [0.05, 0.1) is 6.61 Å². The highest BCUT2D eigenvalue weighted by Crippen LogP contribution is 2.09. The summed E-state index contributed by atoms with van der Waals surface area (Å²) in [4.78, 5) is 13.4. The van der Waals surface area contributed by atoms with Crippen LogP contribution < -0.4 is 5.73 Å². The van der Waals surface area contributed by atoms with Crippen molar-refractivity contribution < 1.29 is 9.53 Å². The standard InChI is InChI=1S/C9H18N2O2/c1-13-7-8(10)9(12)11-5-3-2-4-6-11/h8H,2-7,10H2,1H3/t8-/m1/s1. The second-order valence-electron chi connectivity index (χ2n) is 3.45. The van der Waals surface area contributed by atoms with Crippen LogP contribution in [0.5, 0.6) is 0 Å². The number of hydrogen-bond acceptors (Lipinski definition) is 3. The summed E-state index contributed by atoms with van der Waals surface area (Å²) in [5.74, 6) is 0.0292. The molecule has 0 aromatic heterocycles. The Labute approximate surface area is 79.0 Å². The predicted octanol–water partition coefficient (Wildman–Crippen LogP) is -0.0274. The van der Waals surface area contributed by atoms with Crippen LogP contribution in [0.1, 0.15) is 19.3 Å². The summed E-state index contributed by atoms with van der Waals surface area (Å²) < 4.78 is 4.84. The van der Waals surface area contributed by atoms with Crippen LogP contribution in [0, 0.1) is 0 Å². The highest BCUT2D eigenvalue weighted by Gasteiger charge is 2.21. The Morgan fingerprint density at radius 3 is 2.62 bits per heavy atom. The highest BCUT2D eigenvalue weighted by molar-refractivity contribution is 5.81. The highest BCUT2D eigenvalue weighted by atomic mass is 16.5. The van der Waals surface area contributed by atoms with Gasteiger partial charge in [-0.25, -0.2) is 0 Å². The average Bonchev–Trinajstić information content (AvgIpc) is 2.18. The number of amides is 1. The maximum atomic E-state index is 11.6. The molecule has 1 aliphatic rings. The molecule has 0 aromatic rings. The first-order chi connectivity index (χ1) is 6.25. The minimum Gasteiger partial charge on any atom is -0.383 e. The number of methoxy groups -OCH3 is 1. The van der Waals surface area contributed by atoms with Crippen LogP contribution in [-0.4, -0.2) is 43.7 Å². The van der Waals surface area contributed by atoms with E-state index < -0.39 is 6.04 Å². The number of likely N-dealkylation sites (tertiary alicyclic amines) is 1. The number of piperidine rings is 1. The van der Waals surface area contributed by atoms with E-state index in [1.54, 1.807) is 7.11 Å². The number of nitrogens with two attached hydrogens (primary N) is 1. The first kappa shape index (κ1) is 10.5. The van der Waals surface area contributed by atoms with E-state index in [2.05, 4.69) is 0 Å². The summed E-state index contributed by atoms with van der Waals surface area (Å²) >= 11 is 0. The summed E-state index contributed by atoms with van der Waals surface area (Å²) in [5, 5.41) is 0. The fourth-order valence-electron chi connectivity index (χ4n) is 1.60. The third-order valence-corrected chi connectivity index (χ3v) is 2.33. The van der Waals surface area contributed by atoms with E-state index in [0.29, 0.717) is 6.61 Å². The molecule has 0 spiro atoms. The smallest absolute Gasteiger partial charge is 0.241 e. The van der Waals surface area contributed by atoms with E-state index >= 15 is 0 Å². The van der Waals surface area contributed by atoms with Crippen molar-refractivity contribution in [2.45, 2.75) is 25.3 Å². The molecule has 1 aliphatic heterocycles. The van der Waals surface area contributed by atoms with E-state index in [-0.39, 0.29) is 5.91 Å². The van der Waals surface area contributed by atoms with E-state index in [1.807, 2.05) is 4.90 Å². The molecule has 0 aliphatic carbocycles. The van der Waals surface area contributed by atoms with Gasteiger partial charge in [-0.2, -0.15) is 0 Å². The maximum Gasteiger partial charge on any atom is 0.241 e. The largest absolute Gasteiger partial charge is 0.383 e. The lowest BCUT2D eigenvalue weighted by Crippen LogP contribution is -2.47. The van der Waals surface area contributed by atoms with Crippen molar-refractivity contribution in [3.63, 3.8) is 0 Å². The molecule has 1 rings (SSSR count). The van der Waals surface area contributed by atoms with Gasteiger partial charge in [-0.15, -0.1) is 0 Å². The second kappa shape index (κ2) is 5.19. The third kappa shape index (κ3) is 2.97. The van der Waals surface area contributed by atoms with Crippen molar-refractivity contribution in [1.82, 2.24) is 4.90 Å². The first-order valence-corrected chi connectivity index (χ1v) is 4.79. The third-order valence-electron chi connectivity index (χ3n) is 2.33. The van der Waals surface area contributed by atoms with Crippen LogP contribution in [0.25, 0.3) is 0 Å². The molecular weight excluding hydrogens is 168 g/mol. The van der Waals surface area contributed by atoms with Crippen molar-refractivity contribution in [2.24, 2.45) is 5.73 Å². The number of hydrogen-bond donors (Lipinski definition) is 1. The summed E-state index contributed by atoms with van der Waals surface area (Å²) in [6.45, 7) is 2.03. The summed E-state index contributed by atoms with van der Waals surface area (Å²) in [5.41, 5.74) is 5.64. The van der Waals surface area contributed by atoms with Gasteiger partial charge in [0.15, 0.2) is 0 Å². The van der Waals surface area contributed by atoms with Crippen molar-refractivity contribution in [2.75, 3.05) is 26.8 Å². The van der Waals surface area contributed by atoms with Crippen LogP contribution in [0.15, 0.2) is 0 Å². The Kier molecular flexibility index (Phi) is 4.18. The lowest BCUT2D eigenvalue weighted by Gasteiger charge is -2.28. The molecule has 76 valence electrons. The van der Waals surface area contributed by atoms with E-state index in [0.717, 1.165) is 25.9 Å². The fourth-order valence-corrected chi connectivity index (χ4v) is 1.60. The molecule has 0 saturated carbocycles. The van der Waals surface area contributed by atoms with Crippen LogP contribution in [0.3, 0.4) is 0 Å². The molecular formula is C9H18N2O2. The number of carbonyl (C=O) groups is 1. The van der Waals surface area contributed by atoms with Gasteiger partial charge < -0.3 is 15.4 Å². The van der Waals surface area contributed by atoms with E-state index in [1.165, 1.54) is 6.42 Å². The summed E-state index contributed by atoms with van der Waals surface area (Å²) in [6, 6.07) is -0.483. The number of carbonyl (C=O) groups excluding carboxylic acids is 1. The van der Waals surface area contributed by atoms with Gasteiger partial charge in [0.1, 0.15) is 6.04 Å². The van der Waals surface area contributed by atoms with Crippen LogP contribution in [0.4, 0.5) is 0 Å². The lowest BCUT2D eigenvalue weighted by molar-refractivity contribution is -0.134. The molecule has 1 fully saturated rings. The van der Waals surface area contributed by atoms with E-state index in [4.69, 9.17) is 10.5 Å². The van der Waals surface area contributed by atoms with Gasteiger partial charge in [-0.1, -0.05) is 0 Å². The van der Waals surface area contributed by atoms with E-state index in [9.17, 15) is 4.79 Å². The lowest BCUT2D eigenvalue weighted by atomic mass is 10.1. The molecule has 0 aromatic carbocycles. The molecule has 0 unspecified atom stereocenters. The molecule has 4 nitrogen and oxygen atoms in total. The summed E-state index contributed by atoms with van der Waals surface area (Å²) in [7, 11) is 1.56. The Morgan fingerprint density at radius 1 is 1.46 bits per heavy atom. The van der Waals surface area contributed by atoms with Crippen molar-refractivity contribution in [3.05, 3.63) is 0 Å².